The number of fused-ring (bicyclic) bond motifs is 2. The Kier molecular flexibility index (Phi) is 4.86. The van der Waals surface area contributed by atoms with Gasteiger partial charge in [-0.15, -0.1) is 0 Å². The number of thioether (sulfide) groups is 1. The molecule has 2 aliphatic rings. The average Bonchev–Trinajstić information content (AvgIpc) is 2.65. The molecule has 2 atom stereocenters. The maximum atomic E-state index is 13.4. The molecule has 1 aliphatic carbocycles. The van der Waals surface area contributed by atoms with E-state index < -0.39 is 11.8 Å². The molecule has 2 N–H and O–H groups in total. The molecule has 2 heterocycles. The second-order valence-electron chi connectivity index (χ2n) is 6.78. The Hall–Kier alpha value is -2.41. The first-order chi connectivity index (χ1) is 13.1. The smallest absolute Gasteiger partial charge is 0.257 e. The molecule has 1 aliphatic heterocycles. The molecular weight excluding hydrogens is 365 g/mol. The molecule has 0 fully saturated rings. The van der Waals surface area contributed by atoms with Crippen LogP contribution in [0.15, 0.2) is 46.0 Å². The molecule has 0 saturated carbocycles. The van der Waals surface area contributed by atoms with Gasteiger partial charge in [-0.05, 0) is 30.5 Å². The third-order valence-electron chi connectivity index (χ3n) is 4.95. The number of benzene rings is 1. The van der Waals surface area contributed by atoms with Gasteiger partial charge < -0.3 is 10.3 Å². The zero-order chi connectivity index (χ0) is 19.0. The van der Waals surface area contributed by atoms with Crippen LogP contribution in [-0.4, -0.2) is 21.5 Å². The predicted octanol–water partition coefficient (Wildman–Crippen LogP) is 3.83. The maximum absolute atomic E-state index is 13.4. The molecule has 0 radical (unpaired) electrons. The lowest BCUT2D eigenvalue weighted by Crippen LogP contribution is -2.38. The number of anilines is 1. The monoisotopic (exact) mass is 385 g/mol. The molecular formula is C20H20FN3O2S. The van der Waals surface area contributed by atoms with Crippen LogP contribution in [0.2, 0.25) is 0 Å². The summed E-state index contributed by atoms with van der Waals surface area (Å²) in [6, 6.07) is 6.02. The van der Waals surface area contributed by atoms with Gasteiger partial charge >= 0.3 is 0 Å². The molecule has 1 aromatic heterocycles. The van der Waals surface area contributed by atoms with Crippen molar-refractivity contribution in [2.24, 2.45) is 5.92 Å². The Morgan fingerprint density at radius 1 is 1.22 bits per heavy atom. The van der Waals surface area contributed by atoms with Crippen molar-refractivity contribution in [1.82, 2.24) is 9.97 Å². The molecule has 140 valence electrons. The van der Waals surface area contributed by atoms with Gasteiger partial charge in [-0.25, -0.2) is 9.37 Å². The SMILES string of the molecule is CCCSc1nc2c(c(=O)[nH]1)[C@H](c1ccc(F)cc1)[C@H]1C(=O)CCC=C1N2. The summed E-state index contributed by atoms with van der Waals surface area (Å²) in [6.07, 6.45) is 4.09. The van der Waals surface area contributed by atoms with E-state index in [1.807, 2.05) is 6.08 Å². The fourth-order valence-corrected chi connectivity index (χ4v) is 4.48. The van der Waals surface area contributed by atoms with Crippen LogP contribution in [0.4, 0.5) is 10.2 Å². The van der Waals surface area contributed by atoms with Crippen LogP contribution in [-0.2, 0) is 4.79 Å². The highest BCUT2D eigenvalue weighted by atomic mass is 32.2. The van der Waals surface area contributed by atoms with Crippen molar-refractivity contribution in [1.29, 1.82) is 0 Å². The van der Waals surface area contributed by atoms with E-state index in [1.165, 1.54) is 23.9 Å². The maximum Gasteiger partial charge on any atom is 0.257 e. The summed E-state index contributed by atoms with van der Waals surface area (Å²) in [6.45, 7) is 2.06. The molecule has 0 amide bonds. The summed E-state index contributed by atoms with van der Waals surface area (Å²) >= 11 is 1.49. The van der Waals surface area contributed by atoms with Gasteiger partial charge in [0.2, 0.25) is 0 Å². The highest BCUT2D eigenvalue weighted by Crippen LogP contribution is 2.44. The van der Waals surface area contributed by atoms with E-state index in [2.05, 4.69) is 22.2 Å². The number of nitrogens with zero attached hydrogens (tertiary/aromatic N) is 1. The van der Waals surface area contributed by atoms with Gasteiger partial charge in [0, 0.05) is 23.8 Å². The predicted molar refractivity (Wildman–Crippen MR) is 104 cm³/mol. The number of halogens is 1. The molecule has 2 aromatic rings. The normalized spacial score (nSPS) is 21.1. The summed E-state index contributed by atoms with van der Waals surface area (Å²) in [7, 11) is 0. The van der Waals surface area contributed by atoms with Crippen LogP contribution < -0.4 is 10.9 Å². The summed E-state index contributed by atoms with van der Waals surface area (Å²) < 4.78 is 13.4. The van der Waals surface area contributed by atoms with Gasteiger partial charge in [0.1, 0.15) is 17.4 Å². The molecule has 0 saturated heterocycles. The van der Waals surface area contributed by atoms with Gasteiger partial charge in [0.05, 0.1) is 11.5 Å². The standard InChI is InChI=1S/C20H20FN3O2S/c1-2-10-27-20-23-18-17(19(26)24-20)15(11-6-8-12(21)9-7-11)16-13(22-18)4-3-5-14(16)25/h4,6-9,15-16H,2-3,5,10H2,1H3,(H2,22,23,24,26)/t15-,16-/m1/s1. The highest BCUT2D eigenvalue weighted by molar-refractivity contribution is 7.99. The quantitative estimate of drug-likeness (QED) is 0.618. The van der Waals surface area contributed by atoms with Gasteiger partial charge in [-0.2, -0.15) is 0 Å². The molecule has 0 bridgehead atoms. The van der Waals surface area contributed by atoms with E-state index in [0.717, 1.165) is 23.4 Å². The van der Waals surface area contributed by atoms with Crippen molar-refractivity contribution in [2.45, 2.75) is 37.3 Å². The van der Waals surface area contributed by atoms with Crippen molar-refractivity contribution in [3.8, 4) is 0 Å². The van der Waals surface area contributed by atoms with Crippen LogP contribution in [0.1, 0.15) is 43.2 Å². The van der Waals surface area contributed by atoms with Crippen molar-refractivity contribution in [3.05, 3.63) is 63.3 Å². The zero-order valence-corrected chi connectivity index (χ0v) is 15.7. The van der Waals surface area contributed by atoms with Crippen molar-refractivity contribution in [3.63, 3.8) is 0 Å². The number of ketones is 1. The van der Waals surface area contributed by atoms with Gasteiger partial charge in [0.15, 0.2) is 5.16 Å². The Labute approximate surface area is 160 Å². The first kappa shape index (κ1) is 18.0. The fourth-order valence-electron chi connectivity index (χ4n) is 3.77. The largest absolute Gasteiger partial charge is 0.343 e. The Bertz CT molecular complexity index is 968. The second kappa shape index (κ2) is 7.31. The number of rotatable bonds is 4. The van der Waals surface area contributed by atoms with Crippen LogP contribution in [0.25, 0.3) is 0 Å². The van der Waals surface area contributed by atoms with E-state index in [0.29, 0.717) is 29.4 Å². The number of nitrogens with one attached hydrogen (secondary N) is 2. The van der Waals surface area contributed by atoms with Crippen LogP contribution in [0.3, 0.4) is 0 Å². The molecule has 0 spiro atoms. The minimum atomic E-state index is -0.470. The molecule has 7 heteroatoms. The Morgan fingerprint density at radius 3 is 2.74 bits per heavy atom. The Balaban J connectivity index is 1.88. The first-order valence-corrected chi connectivity index (χ1v) is 10.1. The topological polar surface area (TPSA) is 74.8 Å². The number of aromatic nitrogens is 2. The van der Waals surface area contributed by atoms with Crippen molar-refractivity contribution >= 4 is 23.4 Å². The third kappa shape index (κ3) is 3.32. The summed E-state index contributed by atoms with van der Waals surface area (Å²) in [5.41, 5.74) is 1.72. The fraction of sp³-hybridized carbons (Fsp3) is 0.350. The number of hydrogen-bond donors (Lipinski definition) is 2. The molecule has 4 rings (SSSR count). The van der Waals surface area contributed by atoms with Crippen LogP contribution in [0, 0.1) is 11.7 Å². The highest BCUT2D eigenvalue weighted by Gasteiger charge is 2.42. The minimum Gasteiger partial charge on any atom is -0.343 e. The number of hydrogen-bond acceptors (Lipinski definition) is 5. The lowest BCUT2D eigenvalue weighted by Gasteiger charge is -2.36. The molecule has 0 unspecified atom stereocenters. The summed E-state index contributed by atoms with van der Waals surface area (Å²) in [5, 5.41) is 3.78. The zero-order valence-electron chi connectivity index (χ0n) is 14.9. The van der Waals surface area contributed by atoms with Gasteiger partial charge in [0.25, 0.3) is 5.56 Å². The lowest BCUT2D eigenvalue weighted by atomic mass is 9.72. The number of carbonyl (C=O) groups excluding carboxylic acids is 1. The van der Waals surface area contributed by atoms with E-state index in [9.17, 15) is 14.0 Å². The summed E-state index contributed by atoms with van der Waals surface area (Å²) in [4.78, 5) is 33.1. The van der Waals surface area contributed by atoms with E-state index in [1.54, 1.807) is 12.1 Å². The number of allylic oxidation sites excluding steroid dienone is 2. The lowest BCUT2D eigenvalue weighted by molar-refractivity contribution is -0.122. The third-order valence-corrected chi connectivity index (χ3v) is 6.03. The van der Waals surface area contributed by atoms with Gasteiger partial charge in [-0.3, -0.25) is 9.59 Å². The number of aromatic amines is 1. The van der Waals surface area contributed by atoms with E-state index in [4.69, 9.17) is 0 Å². The van der Waals surface area contributed by atoms with Crippen molar-refractivity contribution in [2.75, 3.05) is 11.1 Å². The van der Waals surface area contributed by atoms with Crippen molar-refractivity contribution < 1.29 is 9.18 Å². The minimum absolute atomic E-state index is 0.0869. The number of carbonyl (C=O) groups is 1. The molecule has 5 nitrogen and oxygen atoms in total. The number of Topliss-reactive ketones (excluding diaryl/α,β-unsaturated/α-hetero) is 1. The molecule has 27 heavy (non-hydrogen) atoms. The van der Waals surface area contributed by atoms with Crippen LogP contribution >= 0.6 is 11.8 Å². The van der Waals surface area contributed by atoms with E-state index in [-0.39, 0.29) is 17.2 Å². The Morgan fingerprint density at radius 2 is 2.00 bits per heavy atom. The average molecular weight is 385 g/mol. The summed E-state index contributed by atoms with van der Waals surface area (Å²) in [5.74, 6) is 0.147. The number of H-pyrrole nitrogens is 1. The van der Waals surface area contributed by atoms with Gasteiger partial charge in [-0.1, -0.05) is 36.9 Å². The van der Waals surface area contributed by atoms with E-state index >= 15 is 0 Å². The first-order valence-electron chi connectivity index (χ1n) is 9.10. The molecule has 1 aromatic carbocycles. The van der Waals surface area contributed by atoms with Crippen LogP contribution in [0.5, 0.6) is 0 Å². The second-order valence-corrected chi connectivity index (χ2v) is 7.86.